The number of methoxy groups -OCH3 is 1. The van der Waals surface area contributed by atoms with Crippen LogP contribution >= 0.6 is 0 Å². The van der Waals surface area contributed by atoms with E-state index < -0.39 is 5.97 Å². The van der Waals surface area contributed by atoms with Crippen molar-refractivity contribution in [2.24, 2.45) is 0 Å². The van der Waals surface area contributed by atoms with Crippen LogP contribution in [0.5, 0.6) is 0 Å². The Labute approximate surface area is 99.2 Å². The molecule has 0 spiro atoms. The van der Waals surface area contributed by atoms with Gasteiger partial charge in [0.15, 0.2) is 0 Å². The zero-order valence-corrected chi connectivity index (χ0v) is 9.82. The molecule has 1 aromatic carbocycles. The number of benzene rings is 1. The lowest BCUT2D eigenvalue weighted by molar-refractivity contribution is -0.116. The topological polar surface area (TPSA) is 72.6 Å². The third kappa shape index (κ3) is 1.84. The molecular formula is C12H14N2O3. The summed E-state index contributed by atoms with van der Waals surface area (Å²) in [4.78, 5) is 24.6. The number of amides is 1. The minimum Gasteiger partial charge on any atom is -0.465 e. The number of hydrogen-bond acceptors (Lipinski definition) is 4. The van der Waals surface area contributed by atoms with E-state index in [9.17, 15) is 9.59 Å². The Morgan fingerprint density at radius 3 is 2.71 bits per heavy atom. The SMILES string of the molecule is COC(=O)c1cc2c(cc1N)CCN2C(C)=O. The molecule has 0 aliphatic carbocycles. The highest BCUT2D eigenvalue weighted by Gasteiger charge is 2.25. The lowest BCUT2D eigenvalue weighted by Crippen LogP contribution is -2.26. The third-order valence-electron chi connectivity index (χ3n) is 2.93. The summed E-state index contributed by atoms with van der Waals surface area (Å²) < 4.78 is 4.65. The first-order chi connectivity index (χ1) is 8.04. The Morgan fingerprint density at radius 1 is 1.41 bits per heavy atom. The van der Waals surface area contributed by atoms with Crippen molar-refractivity contribution >= 4 is 23.3 Å². The summed E-state index contributed by atoms with van der Waals surface area (Å²) in [6.45, 7) is 2.14. The fourth-order valence-corrected chi connectivity index (χ4v) is 2.07. The molecule has 0 radical (unpaired) electrons. The molecule has 2 rings (SSSR count). The van der Waals surface area contributed by atoms with Gasteiger partial charge in [-0.15, -0.1) is 0 Å². The van der Waals surface area contributed by atoms with Crippen molar-refractivity contribution < 1.29 is 14.3 Å². The second kappa shape index (κ2) is 4.08. The summed E-state index contributed by atoms with van der Waals surface area (Å²) in [6, 6.07) is 3.37. The van der Waals surface area contributed by atoms with Crippen LogP contribution in [0.4, 0.5) is 11.4 Å². The standard InChI is InChI=1S/C12H14N2O3/c1-7(15)14-4-3-8-5-10(13)9(6-11(8)14)12(16)17-2/h5-6H,3-4,13H2,1-2H3. The molecule has 0 aromatic heterocycles. The quantitative estimate of drug-likeness (QED) is 0.580. The number of carbonyl (C=O) groups excluding carboxylic acids is 2. The van der Waals surface area contributed by atoms with E-state index in [1.807, 2.05) is 0 Å². The monoisotopic (exact) mass is 234 g/mol. The molecule has 0 saturated carbocycles. The molecule has 0 atom stereocenters. The van der Waals surface area contributed by atoms with E-state index in [1.165, 1.54) is 14.0 Å². The van der Waals surface area contributed by atoms with Gasteiger partial charge in [0.05, 0.1) is 12.7 Å². The maximum Gasteiger partial charge on any atom is 0.340 e. The summed E-state index contributed by atoms with van der Waals surface area (Å²) in [6.07, 6.45) is 0.764. The molecule has 1 aliphatic heterocycles. The number of carbonyl (C=O) groups is 2. The van der Waals surface area contributed by atoms with Crippen molar-refractivity contribution in [1.82, 2.24) is 0 Å². The maximum absolute atomic E-state index is 11.5. The van der Waals surface area contributed by atoms with Crippen molar-refractivity contribution in [2.45, 2.75) is 13.3 Å². The number of nitrogens with two attached hydrogens (primary N) is 1. The molecule has 1 heterocycles. The summed E-state index contributed by atoms with van der Waals surface area (Å²) >= 11 is 0. The van der Waals surface area contributed by atoms with E-state index in [-0.39, 0.29) is 5.91 Å². The van der Waals surface area contributed by atoms with Crippen molar-refractivity contribution in [3.8, 4) is 0 Å². The van der Waals surface area contributed by atoms with Crippen LogP contribution in [-0.4, -0.2) is 25.5 Å². The molecule has 2 N–H and O–H groups in total. The number of esters is 1. The Bertz CT molecular complexity index is 497. The summed E-state index contributed by atoms with van der Waals surface area (Å²) in [5.74, 6) is -0.523. The highest BCUT2D eigenvalue weighted by Crippen LogP contribution is 2.32. The van der Waals surface area contributed by atoms with Crippen LogP contribution in [0.15, 0.2) is 12.1 Å². The number of fused-ring (bicyclic) bond motifs is 1. The second-order valence-corrected chi connectivity index (χ2v) is 3.98. The fourth-order valence-electron chi connectivity index (χ4n) is 2.07. The van der Waals surface area contributed by atoms with Crippen molar-refractivity contribution in [3.05, 3.63) is 23.3 Å². The van der Waals surface area contributed by atoms with E-state index in [0.717, 1.165) is 17.7 Å². The maximum atomic E-state index is 11.5. The van der Waals surface area contributed by atoms with Crippen molar-refractivity contribution in [3.63, 3.8) is 0 Å². The smallest absolute Gasteiger partial charge is 0.340 e. The first kappa shape index (κ1) is 11.4. The van der Waals surface area contributed by atoms with Gasteiger partial charge in [-0.3, -0.25) is 4.79 Å². The van der Waals surface area contributed by atoms with E-state index in [0.29, 0.717) is 17.8 Å². The zero-order chi connectivity index (χ0) is 12.6. The highest BCUT2D eigenvalue weighted by molar-refractivity contribution is 6.00. The molecule has 1 aliphatic rings. The average molecular weight is 234 g/mol. The number of rotatable bonds is 1. The molecule has 90 valence electrons. The largest absolute Gasteiger partial charge is 0.465 e. The number of nitrogen functional groups attached to an aromatic ring is 1. The third-order valence-corrected chi connectivity index (χ3v) is 2.93. The van der Waals surface area contributed by atoms with Crippen LogP contribution in [0.25, 0.3) is 0 Å². The van der Waals surface area contributed by atoms with Gasteiger partial charge < -0.3 is 15.4 Å². The second-order valence-electron chi connectivity index (χ2n) is 3.98. The summed E-state index contributed by atoms with van der Waals surface area (Å²) in [5.41, 5.74) is 8.23. The van der Waals surface area contributed by atoms with Crippen LogP contribution in [-0.2, 0) is 16.0 Å². The lowest BCUT2D eigenvalue weighted by Gasteiger charge is -2.16. The van der Waals surface area contributed by atoms with Gasteiger partial charge in [-0.2, -0.15) is 0 Å². The molecular weight excluding hydrogens is 220 g/mol. The van der Waals surface area contributed by atoms with Crippen LogP contribution < -0.4 is 10.6 Å². The molecule has 0 unspecified atom stereocenters. The summed E-state index contributed by atoms with van der Waals surface area (Å²) in [5, 5.41) is 0. The van der Waals surface area contributed by atoms with Gasteiger partial charge in [0.25, 0.3) is 0 Å². The predicted molar refractivity (Wildman–Crippen MR) is 63.9 cm³/mol. The molecule has 1 aromatic rings. The van der Waals surface area contributed by atoms with Crippen molar-refractivity contribution in [2.75, 3.05) is 24.3 Å². The number of hydrogen-bond donors (Lipinski definition) is 1. The molecule has 0 fully saturated rings. The van der Waals surface area contributed by atoms with Crippen LogP contribution in [0, 0.1) is 0 Å². The minimum atomic E-state index is -0.485. The number of ether oxygens (including phenoxy) is 1. The molecule has 5 heteroatoms. The van der Waals surface area contributed by atoms with Gasteiger partial charge in [0.2, 0.25) is 5.91 Å². The molecule has 17 heavy (non-hydrogen) atoms. The Balaban J connectivity index is 2.50. The lowest BCUT2D eigenvalue weighted by atomic mass is 10.1. The van der Waals surface area contributed by atoms with Crippen molar-refractivity contribution in [1.29, 1.82) is 0 Å². The van der Waals surface area contributed by atoms with Gasteiger partial charge in [0, 0.05) is 24.8 Å². The van der Waals surface area contributed by atoms with Gasteiger partial charge in [-0.1, -0.05) is 0 Å². The fraction of sp³-hybridized carbons (Fsp3) is 0.333. The number of nitrogens with zero attached hydrogens (tertiary/aromatic N) is 1. The molecule has 5 nitrogen and oxygen atoms in total. The first-order valence-electron chi connectivity index (χ1n) is 5.33. The zero-order valence-electron chi connectivity index (χ0n) is 9.82. The first-order valence-corrected chi connectivity index (χ1v) is 5.33. The average Bonchev–Trinajstić information content (AvgIpc) is 2.69. The van der Waals surface area contributed by atoms with E-state index in [1.54, 1.807) is 17.0 Å². The van der Waals surface area contributed by atoms with E-state index in [4.69, 9.17) is 5.73 Å². The molecule has 0 bridgehead atoms. The predicted octanol–water partition coefficient (Wildman–Crippen LogP) is 0.964. The normalized spacial score (nSPS) is 13.4. The molecule has 1 amide bonds. The van der Waals surface area contributed by atoms with Crippen LogP contribution in [0.1, 0.15) is 22.8 Å². The van der Waals surface area contributed by atoms with Crippen LogP contribution in [0.2, 0.25) is 0 Å². The number of anilines is 2. The Hall–Kier alpha value is -2.04. The minimum absolute atomic E-state index is 0.0377. The van der Waals surface area contributed by atoms with Gasteiger partial charge in [-0.25, -0.2) is 4.79 Å². The highest BCUT2D eigenvalue weighted by atomic mass is 16.5. The van der Waals surface area contributed by atoms with Crippen LogP contribution in [0.3, 0.4) is 0 Å². The van der Waals surface area contributed by atoms with E-state index in [2.05, 4.69) is 4.74 Å². The van der Waals surface area contributed by atoms with Gasteiger partial charge in [-0.05, 0) is 24.1 Å². The van der Waals surface area contributed by atoms with E-state index >= 15 is 0 Å². The van der Waals surface area contributed by atoms with Gasteiger partial charge in [0.1, 0.15) is 0 Å². The molecule has 0 saturated heterocycles. The van der Waals surface area contributed by atoms with Gasteiger partial charge >= 0.3 is 5.97 Å². The Morgan fingerprint density at radius 2 is 2.12 bits per heavy atom. The summed E-state index contributed by atoms with van der Waals surface area (Å²) in [7, 11) is 1.30. The Kier molecular flexibility index (Phi) is 2.75.